The smallest absolute Gasteiger partial charge is 0.123 e. The van der Waals surface area contributed by atoms with Gasteiger partial charge >= 0.3 is 0 Å². The summed E-state index contributed by atoms with van der Waals surface area (Å²) in [6.07, 6.45) is 0. The van der Waals surface area contributed by atoms with Crippen LogP contribution in [0.25, 0.3) is 0 Å². The van der Waals surface area contributed by atoms with E-state index in [-0.39, 0.29) is 24.3 Å². The first-order valence-electron chi connectivity index (χ1n) is 9.26. The largest absolute Gasteiger partial charge is 0.494 e. The molecule has 1 N–H and O–H groups in total. The monoisotopic (exact) mass is 394 g/mol. The molecule has 0 amide bonds. The standard InChI is InChI=1S/C21H27FN2O2.ClH/c1-2-26-20-8-6-17(7-9-20)15-23-16-21(24-10-12-25-13-11-24)18-4-3-5-19(22)14-18;/h3-9,14,21,23H,2,10-13,15-16H2,1H3;1H. The van der Waals surface area contributed by atoms with Crippen LogP contribution in [0, 0.1) is 5.82 Å². The van der Waals surface area contributed by atoms with Gasteiger partial charge in [0.2, 0.25) is 0 Å². The summed E-state index contributed by atoms with van der Waals surface area (Å²) in [4.78, 5) is 2.36. The van der Waals surface area contributed by atoms with Crippen molar-refractivity contribution in [1.82, 2.24) is 10.2 Å². The molecule has 0 aliphatic carbocycles. The molecule has 1 aliphatic rings. The lowest BCUT2D eigenvalue weighted by molar-refractivity contribution is 0.0160. The van der Waals surface area contributed by atoms with Gasteiger partial charge in [0.25, 0.3) is 0 Å². The summed E-state index contributed by atoms with van der Waals surface area (Å²) in [6, 6.07) is 15.2. The number of ether oxygens (including phenoxy) is 2. The molecule has 1 atom stereocenters. The van der Waals surface area contributed by atoms with E-state index < -0.39 is 0 Å². The molecule has 1 fully saturated rings. The Balaban J connectivity index is 0.00000261. The van der Waals surface area contributed by atoms with Crippen LogP contribution in [0.5, 0.6) is 5.75 Å². The number of nitrogens with zero attached hydrogens (tertiary/aromatic N) is 1. The third kappa shape index (κ3) is 6.47. The van der Waals surface area contributed by atoms with Gasteiger partial charge in [-0.25, -0.2) is 4.39 Å². The summed E-state index contributed by atoms with van der Waals surface area (Å²) < 4.78 is 24.7. The highest BCUT2D eigenvalue weighted by molar-refractivity contribution is 5.85. The highest BCUT2D eigenvalue weighted by Gasteiger charge is 2.22. The molecule has 148 valence electrons. The first-order valence-corrected chi connectivity index (χ1v) is 9.26. The van der Waals surface area contributed by atoms with E-state index in [0.717, 1.165) is 50.7 Å². The Hall–Kier alpha value is -1.66. The van der Waals surface area contributed by atoms with Crippen LogP contribution in [0.4, 0.5) is 4.39 Å². The van der Waals surface area contributed by atoms with Gasteiger partial charge in [-0.3, -0.25) is 4.90 Å². The molecule has 27 heavy (non-hydrogen) atoms. The number of benzene rings is 2. The third-order valence-electron chi connectivity index (χ3n) is 4.62. The topological polar surface area (TPSA) is 33.7 Å². The predicted molar refractivity (Wildman–Crippen MR) is 108 cm³/mol. The van der Waals surface area contributed by atoms with Crippen molar-refractivity contribution in [3.63, 3.8) is 0 Å². The van der Waals surface area contributed by atoms with Crippen LogP contribution < -0.4 is 10.1 Å². The minimum absolute atomic E-state index is 0. The maximum atomic E-state index is 13.7. The van der Waals surface area contributed by atoms with Crippen molar-refractivity contribution < 1.29 is 13.9 Å². The van der Waals surface area contributed by atoms with Gasteiger partial charge in [-0.15, -0.1) is 12.4 Å². The molecular formula is C21H28ClFN2O2. The maximum absolute atomic E-state index is 13.7. The molecule has 1 aliphatic heterocycles. The molecule has 0 aromatic heterocycles. The van der Waals surface area contributed by atoms with Crippen LogP contribution in [0.3, 0.4) is 0 Å². The molecule has 2 aromatic carbocycles. The Morgan fingerprint density at radius 3 is 2.56 bits per heavy atom. The van der Waals surface area contributed by atoms with Crippen molar-refractivity contribution in [3.8, 4) is 5.75 Å². The van der Waals surface area contributed by atoms with Crippen molar-refractivity contribution in [2.75, 3.05) is 39.5 Å². The normalized spacial score (nSPS) is 15.8. The highest BCUT2D eigenvalue weighted by Crippen LogP contribution is 2.22. The molecule has 6 heteroatoms. The predicted octanol–water partition coefficient (Wildman–Crippen LogP) is 3.81. The summed E-state index contributed by atoms with van der Waals surface area (Å²) in [7, 11) is 0. The van der Waals surface area contributed by atoms with E-state index >= 15 is 0 Å². The van der Waals surface area contributed by atoms with Crippen LogP contribution in [0.1, 0.15) is 24.1 Å². The van der Waals surface area contributed by atoms with Crippen LogP contribution in [-0.4, -0.2) is 44.4 Å². The van der Waals surface area contributed by atoms with E-state index in [1.54, 1.807) is 12.1 Å². The lowest BCUT2D eigenvalue weighted by Crippen LogP contribution is -2.42. The van der Waals surface area contributed by atoms with Crippen molar-refractivity contribution in [3.05, 3.63) is 65.5 Å². The molecule has 0 radical (unpaired) electrons. The van der Waals surface area contributed by atoms with Gasteiger partial charge in [0.05, 0.1) is 19.8 Å². The van der Waals surface area contributed by atoms with E-state index in [1.165, 1.54) is 11.6 Å². The average molecular weight is 395 g/mol. The zero-order valence-corrected chi connectivity index (χ0v) is 16.5. The van der Waals surface area contributed by atoms with Crippen molar-refractivity contribution >= 4 is 12.4 Å². The van der Waals surface area contributed by atoms with Crippen molar-refractivity contribution in [2.45, 2.75) is 19.5 Å². The fourth-order valence-corrected chi connectivity index (χ4v) is 3.28. The van der Waals surface area contributed by atoms with Crippen LogP contribution in [0.15, 0.2) is 48.5 Å². The molecule has 4 nitrogen and oxygen atoms in total. The number of morpholine rings is 1. The van der Waals surface area contributed by atoms with E-state index in [1.807, 2.05) is 25.1 Å². The Morgan fingerprint density at radius 2 is 1.89 bits per heavy atom. The second kappa shape index (κ2) is 11.2. The molecule has 0 saturated carbocycles. The zero-order chi connectivity index (χ0) is 18.2. The van der Waals surface area contributed by atoms with Gasteiger partial charge in [0.15, 0.2) is 0 Å². The summed E-state index contributed by atoms with van der Waals surface area (Å²) in [5.74, 6) is 0.703. The second-order valence-electron chi connectivity index (χ2n) is 6.43. The number of nitrogens with one attached hydrogen (secondary N) is 1. The van der Waals surface area contributed by atoms with Crippen molar-refractivity contribution in [2.24, 2.45) is 0 Å². The summed E-state index contributed by atoms with van der Waals surface area (Å²) in [6.45, 7) is 7.37. The van der Waals surface area contributed by atoms with Gasteiger partial charge < -0.3 is 14.8 Å². The first kappa shape index (κ1) is 21.6. The fraction of sp³-hybridized carbons (Fsp3) is 0.429. The number of halogens is 2. The molecule has 2 aromatic rings. The molecule has 0 bridgehead atoms. The van der Waals surface area contributed by atoms with Gasteiger partial charge in [-0.2, -0.15) is 0 Å². The Labute approximate surface area is 167 Å². The Bertz CT molecular complexity index is 678. The number of hydrogen-bond donors (Lipinski definition) is 1. The zero-order valence-electron chi connectivity index (χ0n) is 15.7. The molecule has 1 saturated heterocycles. The van der Waals surface area contributed by atoms with Crippen LogP contribution in [0.2, 0.25) is 0 Å². The molecule has 3 rings (SSSR count). The third-order valence-corrected chi connectivity index (χ3v) is 4.62. The summed E-state index contributed by atoms with van der Waals surface area (Å²) >= 11 is 0. The minimum Gasteiger partial charge on any atom is -0.494 e. The van der Waals surface area contributed by atoms with Gasteiger partial charge in [-0.05, 0) is 42.3 Å². The molecular weight excluding hydrogens is 367 g/mol. The summed E-state index contributed by atoms with van der Waals surface area (Å²) in [5, 5.41) is 3.52. The van der Waals surface area contributed by atoms with Crippen molar-refractivity contribution in [1.29, 1.82) is 0 Å². The quantitative estimate of drug-likeness (QED) is 0.738. The van der Waals surface area contributed by atoms with Gasteiger partial charge in [0, 0.05) is 32.2 Å². The Kier molecular flexibility index (Phi) is 9.01. The van der Waals surface area contributed by atoms with E-state index in [0.29, 0.717) is 6.61 Å². The lowest BCUT2D eigenvalue weighted by Gasteiger charge is -2.35. The van der Waals surface area contributed by atoms with Crippen LogP contribution in [-0.2, 0) is 11.3 Å². The van der Waals surface area contributed by atoms with Crippen LogP contribution >= 0.6 is 12.4 Å². The minimum atomic E-state index is -0.188. The van der Waals surface area contributed by atoms with Gasteiger partial charge in [0.1, 0.15) is 11.6 Å². The number of hydrogen-bond acceptors (Lipinski definition) is 4. The lowest BCUT2D eigenvalue weighted by atomic mass is 10.0. The first-order chi connectivity index (χ1) is 12.8. The second-order valence-corrected chi connectivity index (χ2v) is 6.43. The number of rotatable bonds is 8. The summed E-state index contributed by atoms with van der Waals surface area (Å²) in [5.41, 5.74) is 2.21. The molecule has 1 unspecified atom stereocenters. The van der Waals surface area contributed by atoms with E-state index in [2.05, 4.69) is 22.3 Å². The van der Waals surface area contributed by atoms with Gasteiger partial charge in [-0.1, -0.05) is 24.3 Å². The average Bonchev–Trinajstić information content (AvgIpc) is 2.67. The van der Waals surface area contributed by atoms with E-state index in [9.17, 15) is 4.39 Å². The maximum Gasteiger partial charge on any atom is 0.123 e. The van der Waals surface area contributed by atoms with E-state index in [4.69, 9.17) is 9.47 Å². The molecule has 1 heterocycles. The molecule has 0 spiro atoms. The fourth-order valence-electron chi connectivity index (χ4n) is 3.28. The Morgan fingerprint density at radius 1 is 1.15 bits per heavy atom. The highest BCUT2D eigenvalue weighted by atomic mass is 35.5. The SMILES string of the molecule is CCOc1ccc(CNCC(c2cccc(F)c2)N2CCOCC2)cc1.Cl.